The van der Waals surface area contributed by atoms with Crippen molar-refractivity contribution in [2.75, 3.05) is 18.9 Å². The molecule has 2 aromatic heterocycles. The number of ether oxygens (including phenoxy) is 1. The molecule has 3 rings (SSSR count). The van der Waals surface area contributed by atoms with Crippen LogP contribution in [0.1, 0.15) is 71.5 Å². The Morgan fingerprint density at radius 1 is 1.14 bits per heavy atom. The number of unbranched alkanes of at least 4 members (excludes halogenated alkanes) is 3. The summed E-state index contributed by atoms with van der Waals surface area (Å²) in [5, 5.41) is 3.85. The largest absolute Gasteiger partial charge is 0.409 e. The maximum absolute atomic E-state index is 11.8. The second-order valence-electron chi connectivity index (χ2n) is 8.93. The first-order valence-corrected chi connectivity index (χ1v) is 12.7. The molecule has 1 amide bonds. The molecule has 8 nitrogen and oxygen atoms in total. The molecule has 0 saturated carbocycles. The third-order valence-electron chi connectivity index (χ3n) is 5.99. The molecule has 0 fully saturated rings. The number of carbonyl (C=O) groups is 1. The fraction of sp³-hybridized carbons (Fsp3) is 0.519. The number of aromatic nitrogens is 3. The fourth-order valence-corrected chi connectivity index (χ4v) is 4.10. The first-order chi connectivity index (χ1) is 17.0. The Labute approximate surface area is 207 Å². The van der Waals surface area contributed by atoms with Crippen molar-refractivity contribution in [3.05, 3.63) is 42.2 Å². The lowest BCUT2D eigenvalue weighted by molar-refractivity contribution is -0.117. The van der Waals surface area contributed by atoms with Crippen LogP contribution < -0.4 is 15.9 Å². The average molecular weight is 482 g/mol. The number of fused-ring (bicyclic) bond motifs is 3. The topological polar surface area (TPSA) is 104 Å². The van der Waals surface area contributed by atoms with Crippen LogP contribution in [0.4, 0.5) is 5.82 Å². The molecule has 0 bridgehead atoms. The molecule has 3 N–H and O–H groups in total. The molecular formula is C27H39N5O3. The number of nitrogen functional groups attached to an aromatic ring is 1. The molecule has 0 spiro atoms. The van der Waals surface area contributed by atoms with E-state index >= 15 is 0 Å². The maximum atomic E-state index is 11.8. The van der Waals surface area contributed by atoms with Gasteiger partial charge in [-0.15, -0.1) is 0 Å². The number of nitrogens with one attached hydrogen (secondary N) is 1. The van der Waals surface area contributed by atoms with Crippen molar-refractivity contribution < 1.29 is 14.4 Å². The summed E-state index contributed by atoms with van der Waals surface area (Å²) < 4.78 is 7.51. The van der Waals surface area contributed by atoms with Gasteiger partial charge in [-0.2, -0.15) is 4.73 Å². The van der Waals surface area contributed by atoms with Gasteiger partial charge in [0.25, 0.3) is 0 Å². The van der Waals surface area contributed by atoms with Gasteiger partial charge >= 0.3 is 0 Å². The highest BCUT2D eigenvalue weighted by Crippen LogP contribution is 2.29. The molecule has 2 heterocycles. The highest BCUT2D eigenvalue weighted by molar-refractivity contribution is 6.06. The van der Waals surface area contributed by atoms with Gasteiger partial charge in [0.1, 0.15) is 23.7 Å². The first kappa shape index (κ1) is 26.5. The van der Waals surface area contributed by atoms with Crippen LogP contribution >= 0.6 is 0 Å². The summed E-state index contributed by atoms with van der Waals surface area (Å²) in [6.07, 6.45) is 7.11. The molecule has 8 heteroatoms. The van der Waals surface area contributed by atoms with Crippen LogP contribution in [0.15, 0.2) is 36.4 Å². The third kappa shape index (κ3) is 6.94. The number of anilines is 1. The molecular weight excluding hydrogens is 442 g/mol. The lowest BCUT2D eigenvalue weighted by Crippen LogP contribution is -2.29. The Morgan fingerprint density at radius 3 is 2.66 bits per heavy atom. The van der Waals surface area contributed by atoms with Gasteiger partial charge in [0.2, 0.25) is 5.91 Å². The zero-order valence-corrected chi connectivity index (χ0v) is 21.3. The number of nitrogens with two attached hydrogens (primary N) is 1. The van der Waals surface area contributed by atoms with E-state index in [-0.39, 0.29) is 12.0 Å². The Hall–Kier alpha value is -3.13. The number of pyridine rings is 1. The summed E-state index contributed by atoms with van der Waals surface area (Å²) in [6.45, 7) is 11.0. The lowest BCUT2D eigenvalue weighted by atomic mass is 10.1. The molecule has 0 aliphatic carbocycles. The second kappa shape index (κ2) is 13.1. The number of nitrogens with zero attached hydrogens (tertiary/aromatic N) is 3. The second-order valence-corrected chi connectivity index (χ2v) is 8.93. The molecule has 0 aliphatic heterocycles. The minimum atomic E-state index is -0.112. The van der Waals surface area contributed by atoms with E-state index < -0.39 is 0 Å². The van der Waals surface area contributed by atoms with Crippen LogP contribution in [-0.4, -0.2) is 39.9 Å². The van der Waals surface area contributed by atoms with Crippen molar-refractivity contribution in [2.45, 2.75) is 78.4 Å². The van der Waals surface area contributed by atoms with Crippen molar-refractivity contribution in [1.29, 1.82) is 0 Å². The fourth-order valence-electron chi connectivity index (χ4n) is 4.10. The zero-order chi connectivity index (χ0) is 25.2. The average Bonchev–Trinajstić information content (AvgIpc) is 3.21. The number of hydrogen-bond acceptors (Lipinski definition) is 6. The number of imidazole rings is 1. The van der Waals surface area contributed by atoms with E-state index in [1.54, 1.807) is 6.92 Å². The predicted molar refractivity (Wildman–Crippen MR) is 141 cm³/mol. The normalized spacial score (nSPS) is 12.2. The smallest absolute Gasteiger partial charge is 0.246 e. The van der Waals surface area contributed by atoms with Gasteiger partial charge in [-0.05, 0) is 45.6 Å². The van der Waals surface area contributed by atoms with Gasteiger partial charge in [0, 0.05) is 24.1 Å². The summed E-state index contributed by atoms with van der Waals surface area (Å²) in [5.41, 5.74) is 9.05. The monoisotopic (exact) mass is 481 g/mol. The van der Waals surface area contributed by atoms with E-state index in [0.29, 0.717) is 42.5 Å². The minimum Gasteiger partial charge on any atom is -0.409 e. The van der Waals surface area contributed by atoms with Crippen LogP contribution in [0.2, 0.25) is 0 Å². The van der Waals surface area contributed by atoms with E-state index in [9.17, 15) is 4.79 Å². The molecule has 0 aliphatic rings. The number of rotatable bonds is 15. The van der Waals surface area contributed by atoms with Crippen molar-refractivity contribution in [2.24, 2.45) is 0 Å². The van der Waals surface area contributed by atoms with Gasteiger partial charge < -0.3 is 20.6 Å². The van der Waals surface area contributed by atoms with Crippen LogP contribution in [0.5, 0.6) is 0 Å². The molecule has 1 aromatic carbocycles. The van der Waals surface area contributed by atoms with Gasteiger partial charge in [0.05, 0.1) is 5.52 Å². The highest BCUT2D eigenvalue weighted by atomic mass is 16.7. The van der Waals surface area contributed by atoms with Crippen LogP contribution in [0.3, 0.4) is 0 Å². The van der Waals surface area contributed by atoms with Crippen LogP contribution in [0, 0.1) is 0 Å². The van der Waals surface area contributed by atoms with Crippen molar-refractivity contribution in [3.8, 4) is 0 Å². The molecule has 3 aromatic rings. The lowest BCUT2D eigenvalue weighted by Gasteiger charge is -2.21. The summed E-state index contributed by atoms with van der Waals surface area (Å²) >= 11 is 0. The SMILES string of the molecule is C=C(C)C(=O)NCCCC(CCCCCC)On1c(COCC)nc2c(N)nc3ccccc3c21. The molecule has 1 atom stereocenters. The van der Waals surface area contributed by atoms with E-state index in [2.05, 4.69) is 23.8 Å². The molecule has 190 valence electrons. The molecule has 0 radical (unpaired) electrons. The summed E-state index contributed by atoms with van der Waals surface area (Å²) in [5.74, 6) is 0.932. The van der Waals surface area contributed by atoms with E-state index in [0.717, 1.165) is 42.1 Å². The third-order valence-corrected chi connectivity index (χ3v) is 5.99. The number of carbonyl (C=O) groups excluding carboxylic acids is 1. The molecule has 0 saturated heterocycles. The van der Waals surface area contributed by atoms with E-state index in [4.69, 9.17) is 20.3 Å². The summed E-state index contributed by atoms with van der Waals surface area (Å²) in [7, 11) is 0. The molecule has 35 heavy (non-hydrogen) atoms. The van der Waals surface area contributed by atoms with Crippen molar-refractivity contribution in [1.82, 2.24) is 20.0 Å². The predicted octanol–water partition coefficient (Wildman–Crippen LogP) is 4.94. The Morgan fingerprint density at radius 2 is 1.91 bits per heavy atom. The number of para-hydroxylation sites is 1. The molecule has 1 unspecified atom stereocenters. The van der Waals surface area contributed by atoms with E-state index in [1.165, 1.54) is 19.3 Å². The van der Waals surface area contributed by atoms with Gasteiger partial charge in [-0.3, -0.25) is 4.79 Å². The standard InChI is InChI=1S/C27H39N5O3/c1-5-7-8-9-13-20(14-12-17-29-27(33)19(3)4)35-32-23(18-34-6-2)31-24-25(32)21-15-10-11-16-22(21)30-26(24)28/h10-11,15-16,20H,3,5-9,12-14,17-18H2,1-2,4H3,(H2,28,30)(H,29,33). The highest BCUT2D eigenvalue weighted by Gasteiger charge is 2.21. The quantitative estimate of drug-likeness (QED) is 0.235. The van der Waals surface area contributed by atoms with E-state index in [1.807, 2.05) is 35.9 Å². The van der Waals surface area contributed by atoms with Gasteiger partial charge in [-0.1, -0.05) is 51.0 Å². The maximum Gasteiger partial charge on any atom is 0.246 e. The van der Waals surface area contributed by atoms with Crippen molar-refractivity contribution >= 4 is 33.7 Å². The Kier molecular flexibility index (Phi) is 9.90. The Bertz CT molecular complexity index is 1140. The number of hydrogen-bond donors (Lipinski definition) is 2. The van der Waals surface area contributed by atoms with Gasteiger partial charge in [0.15, 0.2) is 11.6 Å². The first-order valence-electron chi connectivity index (χ1n) is 12.7. The van der Waals surface area contributed by atoms with Crippen molar-refractivity contribution in [3.63, 3.8) is 0 Å². The minimum absolute atomic E-state index is 0.0421. The van der Waals surface area contributed by atoms with Gasteiger partial charge in [-0.25, -0.2) is 9.97 Å². The van der Waals surface area contributed by atoms with Crippen LogP contribution in [-0.2, 0) is 16.1 Å². The number of amides is 1. The summed E-state index contributed by atoms with van der Waals surface area (Å²) in [6, 6.07) is 7.88. The Balaban J connectivity index is 1.90. The van der Waals surface area contributed by atoms with Crippen LogP contribution in [0.25, 0.3) is 21.9 Å². The zero-order valence-electron chi connectivity index (χ0n) is 21.3. The summed E-state index contributed by atoms with van der Waals surface area (Å²) in [4.78, 5) is 27.8. The number of benzene rings is 1.